The van der Waals surface area contributed by atoms with Crippen molar-refractivity contribution in [2.24, 2.45) is 7.05 Å². The molecule has 0 aromatic carbocycles. The predicted octanol–water partition coefficient (Wildman–Crippen LogP) is 1.43. The van der Waals surface area contributed by atoms with Gasteiger partial charge in [0.15, 0.2) is 5.82 Å². The third-order valence-corrected chi connectivity index (χ3v) is 2.78. The standard InChI is InChI=1S/C12H16N4O/c1-4-9-8-10(15(3)14-9)11(17)12-13-6-7-16(12)5-2/h6-8H,4-5H2,1-3H3. The van der Waals surface area contributed by atoms with Gasteiger partial charge in [0.25, 0.3) is 0 Å². The lowest BCUT2D eigenvalue weighted by atomic mass is 10.2. The molecule has 0 bridgehead atoms. The zero-order valence-electron chi connectivity index (χ0n) is 10.3. The summed E-state index contributed by atoms with van der Waals surface area (Å²) >= 11 is 0. The fourth-order valence-electron chi connectivity index (χ4n) is 1.80. The first kappa shape index (κ1) is 11.6. The minimum Gasteiger partial charge on any atom is -0.328 e. The topological polar surface area (TPSA) is 52.7 Å². The number of carbonyl (C=O) groups excluding carboxylic acids is 1. The molecule has 2 heterocycles. The lowest BCUT2D eigenvalue weighted by Gasteiger charge is -2.03. The maximum absolute atomic E-state index is 12.3. The van der Waals surface area contributed by atoms with Crippen molar-refractivity contribution in [1.82, 2.24) is 19.3 Å². The Morgan fingerprint density at radius 2 is 2.18 bits per heavy atom. The van der Waals surface area contributed by atoms with Crippen LogP contribution in [0.2, 0.25) is 0 Å². The van der Waals surface area contributed by atoms with Crippen LogP contribution in [0.3, 0.4) is 0 Å². The molecule has 0 saturated heterocycles. The first-order chi connectivity index (χ1) is 8.17. The molecule has 0 unspecified atom stereocenters. The van der Waals surface area contributed by atoms with Crippen molar-refractivity contribution in [2.75, 3.05) is 0 Å². The van der Waals surface area contributed by atoms with Gasteiger partial charge in [0.2, 0.25) is 5.78 Å². The third-order valence-electron chi connectivity index (χ3n) is 2.78. The summed E-state index contributed by atoms with van der Waals surface area (Å²) in [7, 11) is 1.78. The zero-order valence-corrected chi connectivity index (χ0v) is 10.3. The number of ketones is 1. The molecular weight excluding hydrogens is 216 g/mol. The van der Waals surface area contributed by atoms with E-state index in [1.54, 1.807) is 17.9 Å². The molecule has 0 N–H and O–H groups in total. The lowest BCUT2D eigenvalue weighted by Crippen LogP contribution is -2.14. The van der Waals surface area contributed by atoms with Gasteiger partial charge in [-0.05, 0) is 19.4 Å². The molecule has 2 rings (SSSR count). The predicted molar refractivity (Wildman–Crippen MR) is 63.9 cm³/mol. The Kier molecular flexibility index (Phi) is 3.08. The van der Waals surface area contributed by atoms with Gasteiger partial charge in [-0.25, -0.2) is 4.98 Å². The molecular formula is C12H16N4O. The van der Waals surface area contributed by atoms with E-state index in [4.69, 9.17) is 0 Å². The maximum Gasteiger partial charge on any atom is 0.246 e. The molecule has 5 nitrogen and oxygen atoms in total. The van der Waals surface area contributed by atoms with E-state index in [1.807, 2.05) is 30.7 Å². The molecule has 2 aromatic heterocycles. The van der Waals surface area contributed by atoms with Crippen molar-refractivity contribution in [3.63, 3.8) is 0 Å². The summed E-state index contributed by atoms with van der Waals surface area (Å²) in [5.74, 6) is 0.393. The Labute approximate surface area is 100 Å². The highest BCUT2D eigenvalue weighted by Crippen LogP contribution is 2.10. The van der Waals surface area contributed by atoms with Crippen LogP contribution in [0.25, 0.3) is 0 Å². The van der Waals surface area contributed by atoms with Crippen molar-refractivity contribution in [3.05, 3.63) is 35.7 Å². The number of aromatic nitrogens is 4. The lowest BCUT2D eigenvalue weighted by molar-refractivity contribution is 0.101. The molecule has 5 heteroatoms. The highest BCUT2D eigenvalue weighted by molar-refractivity contribution is 6.05. The van der Waals surface area contributed by atoms with Crippen LogP contribution in [0, 0.1) is 0 Å². The highest BCUT2D eigenvalue weighted by Gasteiger charge is 2.18. The first-order valence-corrected chi connectivity index (χ1v) is 5.76. The number of aryl methyl sites for hydroxylation is 3. The molecule has 0 aliphatic heterocycles. The van der Waals surface area contributed by atoms with Crippen molar-refractivity contribution < 1.29 is 4.79 Å². The first-order valence-electron chi connectivity index (χ1n) is 5.76. The summed E-state index contributed by atoms with van der Waals surface area (Å²) in [6, 6.07) is 1.83. The number of nitrogens with zero attached hydrogens (tertiary/aromatic N) is 4. The van der Waals surface area contributed by atoms with E-state index in [-0.39, 0.29) is 5.78 Å². The van der Waals surface area contributed by atoms with Gasteiger partial charge >= 0.3 is 0 Å². The molecule has 17 heavy (non-hydrogen) atoms. The van der Waals surface area contributed by atoms with Gasteiger partial charge in [-0.15, -0.1) is 0 Å². The monoisotopic (exact) mass is 232 g/mol. The van der Waals surface area contributed by atoms with Crippen LogP contribution in [0.1, 0.15) is 35.9 Å². The van der Waals surface area contributed by atoms with Gasteiger partial charge in [0.1, 0.15) is 5.69 Å². The summed E-state index contributed by atoms with van der Waals surface area (Å²) in [6.45, 7) is 4.74. The number of hydrogen-bond acceptors (Lipinski definition) is 3. The Bertz CT molecular complexity index is 538. The summed E-state index contributed by atoms with van der Waals surface area (Å²) in [6.07, 6.45) is 4.28. The number of carbonyl (C=O) groups is 1. The van der Waals surface area contributed by atoms with Crippen LogP contribution in [-0.2, 0) is 20.0 Å². The maximum atomic E-state index is 12.3. The fraction of sp³-hybridized carbons (Fsp3) is 0.417. The van der Waals surface area contributed by atoms with Gasteiger partial charge in [-0.1, -0.05) is 6.92 Å². The van der Waals surface area contributed by atoms with Crippen LogP contribution >= 0.6 is 0 Å². The van der Waals surface area contributed by atoms with Gasteiger partial charge in [-0.3, -0.25) is 9.48 Å². The van der Waals surface area contributed by atoms with E-state index in [0.29, 0.717) is 11.5 Å². The Balaban J connectivity index is 2.40. The summed E-state index contributed by atoms with van der Waals surface area (Å²) in [5.41, 5.74) is 1.51. The van der Waals surface area contributed by atoms with Crippen LogP contribution in [0.4, 0.5) is 0 Å². The SMILES string of the molecule is CCc1cc(C(=O)c2nccn2CC)n(C)n1. The fourth-order valence-corrected chi connectivity index (χ4v) is 1.80. The Morgan fingerprint density at radius 1 is 1.41 bits per heavy atom. The van der Waals surface area contributed by atoms with Crippen molar-refractivity contribution in [2.45, 2.75) is 26.8 Å². The average Bonchev–Trinajstić information content (AvgIpc) is 2.93. The third kappa shape index (κ3) is 2.00. The largest absolute Gasteiger partial charge is 0.328 e. The van der Waals surface area contributed by atoms with E-state index in [0.717, 1.165) is 18.7 Å². The minimum atomic E-state index is -0.0773. The molecule has 0 amide bonds. The minimum absolute atomic E-state index is 0.0773. The number of imidazole rings is 1. The van der Waals surface area contributed by atoms with Gasteiger partial charge in [-0.2, -0.15) is 5.10 Å². The van der Waals surface area contributed by atoms with Crippen molar-refractivity contribution >= 4 is 5.78 Å². The van der Waals surface area contributed by atoms with Crippen molar-refractivity contribution in [1.29, 1.82) is 0 Å². The molecule has 0 aliphatic carbocycles. The molecule has 0 spiro atoms. The normalized spacial score (nSPS) is 10.8. The summed E-state index contributed by atoms with van der Waals surface area (Å²) in [4.78, 5) is 16.4. The molecule has 0 aliphatic rings. The van der Waals surface area contributed by atoms with Crippen LogP contribution in [-0.4, -0.2) is 25.1 Å². The van der Waals surface area contributed by atoms with Gasteiger partial charge < -0.3 is 4.57 Å². The number of hydrogen-bond donors (Lipinski definition) is 0. The molecule has 90 valence electrons. The second kappa shape index (κ2) is 4.53. The Morgan fingerprint density at radius 3 is 2.76 bits per heavy atom. The van der Waals surface area contributed by atoms with E-state index in [1.165, 1.54) is 0 Å². The average molecular weight is 232 g/mol. The summed E-state index contributed by atoms with van der Waals surface area (Å²) in [5, 5.41) is 4.27. The number of rotatable bonds is 4. The second-order valence-corrected chi connectivity index (χ2v) is 3.86. The molecule has 2 aromatic rings. The van der Waals surface area contributed by atoms with Crippen LogP contribution in [0.15, 0.2) is 18.5 Å². The van der Waals surface area contributed by atoms with Crippen LogP contribution < -0.4 is 0 Å². The molecule has 0 saturated carbocycles. The quantitative estimate of drug-likeness (QED) is 0.749. The van der Waals surface area contributed by atoms with E-state index in [2.05, 4.69) is 10.1 Å². The van der Waals surface area contributed by atoms with E-state index in [9.17, 15) is 4.79 Å². The van der Waals surface area contributed by atoms with E-state index >= 15 is 0 Å². The second-order valence-electron chi connectivity index (χ2n) is 3.86. The van der Waals surface area contributed by atoms with Gasteiger partial charge in [0, 0.05) is 26.0 Å². The summed E-state index contributed by atoms with van der Waals surface area (Å²) < 4.78 is 3.46. The van der Waals surface area contributed by atoms with Gasteiger partial charge in [0.05, 0.1) is 5.69 Å². The molecule has 0 radical (unpaired) electrons. The molecule has 0 atom stereocenters. The van der Waals surface area contributed by atoms with E-state index < -0.39 is 0 Å². The highest BCUT2D eigenvalue weighted by atomic mass is 16.1. The molecule has 0 fully saturated rings. The Hall–Kier alpha value is -1.91. The zero-order chi connectivity index (χ0) is 12.4. The van der Waals surface area contributed by atoms with Crippen LogP contribution in [0.5, 0.6) is 0 Å². The van der Waals surface area contributed by atoms with Crippen molar-refractivity contribution in [3.8, 4) is 0 Å². The smallest absolute Gasteiger partial charge is 0.246 e.